The third-order valence-electron chi connectivity index (χ3n) is 3.30. The van der Waals surface area contributed by atoms with Crippen molar-refractivity contribution in [2.45, 2.75) is 13.5 Å². The molecule has 1 saturated heterocycles. The van der Waals surface area contributed by atoms with Gasteiger partial charge in [-0.25, -0.2) is 4.98 Å². The SMILES string of the molecule is Cc1nc(CN2CCN(CCOCCO)CC2)cs1. The molecule has 1 aliphatic rings. The van der Waals surface area contributed by atoms with E-state index in [9.17, 15) is 0 Å². The van der Waals surface area contributed by atoms with E-state index in [1.165, 1.54) is 5.69 Å². The predicted octanol–water partition coefficient (Wildman–Crippen LogP) is 0.578. The van der Waals surface area contributed by atoms with Crippen molar-refractivity contribution >= 4 is 11.3 Å². The quantitative estimate of drug-likeness (QED) is 0.743. The number of ether oxygens (including phenoxy) is 1. The summed E-state index contributed by atoms with van der Waals surface area (Å²) in [6.07, 6.45) is 0. The third kappa shape index (κ3) is 5.16. The minimum Gasteiger partial charge on any atom is -0.394 e. The number of hydrogen-bond acceptors (Lipinski definition) is 6. The molecule has 108 valence electrons. The number of hydrogen-bond donors (Lipinski definition) is 1. The molecule has 5 nitrogen and oxygen atoms in total. The van der Waals surface area contributed by atoms with E-state index in [2.05, 4.69) is 27.1 Å². The summed E-state index contributed by atoms with van der Waals surface area (Å²) >= 11 is 1.72. The molecule has 2 heterocycles. The lowest BCUT2D eigenvalue weighted by Crippen LogP contribution is -2.46. The van der Waals surface area contributed by atoms with Gasteiger partial charge in [0.25, 0.3) is 0 Å². The Labute approximate surface area is 118 Å². The van der Waals surface area contributed by atoms with Gasteiger partial charge in [0.15, 0.2) is 0 Å². The number of thiazole rings is 1. The average molecular weight is 285 g/mol. The van der Waals surface area contributed by atoms with Crippen LogP contribution < -0.4 is 0 Å². The molecule has 1 aromatic rings. The Bertz CT molecular complexity index is 365. The molecule has 0 aliphatic carbocycles. The fourth-order valence-corrected chi connectivity index (χ4v) is 2.85. The smallest absolute Gasteiger partial charge is 0.0897 e. The first-order chi connectivity index (χ1) is 9.28. The van der Waals surface area contributed by atoms with Crippen LogP contribution in [0.1, 0.15) is 10.7 Å². The highest BCUT2D eigenvalue weighted by Gasteiger charge is 2.17. The van der Waals surface area contributed by atoms with Gasteiger partial charge in [-0.05, 0) is 6.92 Å². The zero-order valence-corrected chi connectivity index (χ0v) is 12.4. The zero-order chi connectivity index (χ0) is 13.5. The first kappa shape index (κ1) is 14.9. The molecule has 6 heteroatoms. The Hall–Kier alpha value is -0.530. The summed E-state index contributed by atoms with van der Waals surface area (Å²) in [5.41, 5.74) is 1.20. The lowest BCUT2D eigenvalue weighted by Gasteiger charge is -2.34. The summed E-state index contributed by atoms with van der Waals surface area (Å²) < 4.78 is 5.30. The van der Waals surface area contributed by atoms with Gasteiger partial charge in [0.2, 0.25) is 0 Å². The Morgan fingerprint density at radius 2 is 2.00 bits per heavy atom. The number of rotatable bonds is 7. The van der Waals surface area contributed by atoms with Gasteiger partial charge in [-0.15, -0.1) is 11.3 Å². The number of aliphatic hydroxyl groups is 1. The van der Waals surface area contributed by atoms with E-state index in [1.807, 2.05) is 0 Å². The van der Waals surface area contributed by atoms with Crippen LogP contribution >= 0.6 is 11.3 Å². The Morgan fingerprint density at radius 3 is 2.63 bits per heavy atom. The van der Waals surface area contributed by atoms with Crippen molar-refractivity contribution in [1.82, 2.24) is 14.8 Å². The Balaban J connectivity index is 1.62. The van der Waals surface area contributed by atoms with Crippen molar-refractivity contribution in [2.24, 2.45) is 0 Å². The maximum atomic E-state index is 8.63. The Morgan fingerprint density at radius 1 is 1.26 bits per heavy atom. The standard InChI is InChI=1S/C13H23N3O2S/c1-12-14-13(11-19-12)10-16-4-2-15(3-5-16)6-8-18-9-7-17/h11,17H,2-10H2,1H3. The van der Waals surface area contributed by atoms with Gasteiger partial charge in [0, 0.05) is 44.6 Å². The number of piperazine rings is 1. The molecule has 0 amide bonds. The molecule has 19 heavy (non-hydrogen) atoms. The molecule has 1 N–H and O–H groups in total. The van der Waals surface area contributed by atoms with Crippen molar-refractivity contribution in [3.8, 4) is 0 Å². The molecule has 1 aliphatic heterocycles. The molecule has 1 fully saturated rings. The van der Waals surface area contributed by atoms with Crippen LogP contribution in [0.5, 0.6) is 0 Å². The van der Waals surface area contributed by atoms with Crippen LogP contribution in [0.25, 0.3) is 0 Å². The first-order valence-corrected chi connectivity index (χ1v) is 7.70. The number of aromatic nitrogens is 1. The van der Waals surface area contributed by atoms with E-state index < -0.39 is 0 Å². The van der Waals surface area contributed by atoms with Gasteiger partial charge < -0.3 is 9.84 Å². The van der Waals surface area contributed by atoms with Gasteiger partial charge >= 0.3 is 0 Å². The van der Waals surface area contributed by atoms with Crippen LogP contribution in [-0.2, 0) is 11.3 Å². The lowest BCUT2D eigenvalue weighted by atomic mass is 10.3. The Kier molecular flexibility index (Phi) is 6.19. The summed E-state index contributed by atoms with van der Waals surface area (Å²) in [5, 5.41) is 11.9. The molecule has 0 spiro atoms. The van der Waals surface area contributed by atoms with E-state index >= 15 is 0 Å². The van der Waals surface area contributed by atoms with E-state index in [1.54, 1.807) is 11.3 Å². The highest BCUT2D eigenvalue weighted by Crippen LogP contribution is 2.12. The van der Waals surface area contributed by atoms with E-state index in [-0.39, 0.29) is 6.61 Å². The second-order valence-corrected chi connectivity index (χ2v) is 5.87. The number of aliphatic hydroxyl groups excluding tert-OH is 1. The molecular weight excluding hydrogens is 262 g/mol. The fraction of sp³-hybridized carbons (Fsp3) is 0.769. The summed E-state index contributed by atoms with van der Waals surface area (Å²) in [6.45, 7) is 9.63. The molecule has 2 rings (SSSR count). The topological polar surface area (TPSA) is 48.8 Å². The maximum Gasteiger partial charge on any atom is 0.0897 e. The highest BCUT2D eigenvalue weighted by atomic mass is 32.1. The molecule has 0 bridgehead atoms. The van der Waals surface area contributed by atoms with Crippen LogP contribution in [0.2, 0.25) is 0 Å². The highest BCUT2D eigenvalue weighted by molar-refractivity contribution is 7.09. The summed E-state index contributed by atoms with van der Waals surface area (Å²) in [4.78, 5) is 9.39. The molecule has 0 atom stereocenters. The number of nitrogens with zero attached hydrogens (tertiary/aromatic N) is 3. The molecular formula is C13H23N3O2S. The first-order valence-electron chi connectivity index (χ1n) is 6.82. The fourth-order valence-electron chi connectivity index (χ4n) is 2.24. The second-order valence-electron chi connectivity index (χ2n) is 4.81. The van der Waals surface area contributed by atoms with E-state index in [4.69, 9.17) is 9.84 Å². The van der Waals surface area contributed by atoms with Crippen LogP contribution in [0.4, 0.5) is 0 Å². The monoisotopic (exact) mass is 285 g/mol. The average Bonchev–Trinajstić information content (AvgIpc) is 2.82. The largest absolute Gasteiger partial charge is 0.394 e. The van der Waals surface area contributed by atoms with Crippen LogP contribution in [-0.4, -0.2) is 72.4 Å². The van der Waals surface area contributed by atoms with Gasteiger partial charge in [0.05, 0.1) is 30.5 Å². The summed E-state index contributed by atoms with van der Waals surface area (Å²) in [7, 11) is 0. The van der Waals surface area contributed by atoms with Gasteiger partial charge in [-0.1, -0.05) is 0 Å². The molecule has 0 saturated carbocycles. The molecule has 1 aromatic heterocycles. The minimum atomic E-state index is 0.112. The summed E-state index contributed by atoms with van der Waals surface area (Å²) in [5.74, 6) is 0. The van der Waals surface area contributed by atoms with Crippen LogP contribution in [0.3, 0.4) is 0 Å². The number of aryl methyl sites for hydroxylation is 1. The normalized spacial score (nSPS) is 18.0. The van der Waals surface area contributed by atoms with E-state index in [0.717, 1.165) is 44.3 Å². The summed E-state index contributed by atoms with van der Waals surface area (Å²) in [6, 6.07) is 0. The minimum absolute atomic E-state index is 0.112. The molecule has 0 unspecified atom stereocenters. The third-order valence-corrected chi connectivity index (χ3v) is 4.13. The van der Waals surface area contributed by atoms with Crippen molar-refractivity contribution in [3.05, 3.63) is 16.1 Å². The van der Waals surface area contributed by atoms with Crippen LogP contribution in [0.15, 0.2) is 5.38 Å². The van der Waals surface area contributed by atoms with Crippen molar-refractivity contribution in [3.63, 3.8) is 0 Å². The van der Waals surface area contributed by atoms with Crippen molar-refractivity contribution < 1.29 is 9.84 Å². The zero-order valence-electron chi connectivity index (χ0n) is 11.5. The molecule has 0 aromatic carbocycles. The molecule has 0 radical (unpaired) electrons. The second kappa shape index (κ2) is 7.91. The van der Waals surface area contributed by atoms with Crippen molar-refractivity contribution in [2.75, 3.05) is 52.5 Å². The van der Waals surface area contributed by atoms with Gasteiger partial charge in [0.1, 0.15) is 0 Å². The van der Waals surface area contributed by atoms with Gasteiger partial charge in [-0.2, -0.15) is 0 Å². The predicted molar refractivity (Wildman–Crippen MR) is 76.5 cm³/mol. The van der Waals surface area contributed by atoms with Crippen molar-refractivity contribution in [1.29, 1.82) is 0 Å². The maximum absolute atomic E-state index is 8.63. The van der Waals surface area contributed by atoms with Gasteiger partial charge in [-0.3, -0.25) is 9.80 Å². The van der Waals surface area contributed by atoms with E-state index in [0.29, 0.717) is 13.2 Å². The lowest BCUT2D eigenvalue weighted by molar-refractivity contribution is 0.0562. The van der Waals surface area contributed by atoms with Crippen LogP contribution in [0, 0.1) is 6.92 Å².